The Labute approximate surface area is 106 Å². The summed E-state index contributed by atoms with van der Waals surface area (Å²) < 4.78 is 13.2. The number of benzene rings is 1. The fraction of sp³-hybridized carbons (Fsp3) is 0.357. The molecule has 2 rings (SSSR count). The van der Waals surface area contributed by atoms with Gasteiger partial charge in [-0.05, 0) is 43.0 Å². The minimum Gasteiger partial charge on any atom is -0.478 e. The third kappa shape index (κ3) is 3.32. The van der Waals surface area contributed by atoms with Gasteiger partial charge in [-0.3, -0.25) is 0 Å². The molecule has 0 saturated heterocycles. The average Bonchev–Trinajstić information content (AvgIpc) is 3.10. The van der Waals surface area contributed by atoms with E-state index in [0.717, 1.165) is 24.2 Å². The van der Waals surface area contributed by atoms with Gasteiger partial charge in [0.05, 0.1) is 0 Å². The number of hydrogen-bond acceptors (Lipinski definition) is 2. The molecule has 1 aliphatic rings. The van der Waals surface area contributed by atoms with Crippen LogP contribution in [0.15, 0.2) is 24.3 Å². The normalized spacial score (nSPS) is 15.0. The SMILES string of the molecule is CN(CC1CC1)c1ccc(F)cc1/C=C/C(=O)O. The van der Waals surface area contributed by atoms with Crippen molar-refractivity contribution in [2.24, 2.45) is 5.92 Å². The smallest absolute Gasteiger partial charge is 0.328 e. The first-order valence-corrected chi connectivity index (χ1v) is 5.98. The minimum atomic E-state index is -1.03. The Morgan fingerprint density at radius 2 is 2.28 bits per heavy atom. The van der Waals surface area contributed by atoms with Crippen molar-refractivity contribution < 1.29 is 14.3 Å². The highest BCUT2D eigenvalue weighted by atomic mass is 19.1. The molecule has 0 atom stereocenters. The van der Waals surface area contributed by atoms with Crippen LogP contribution in [0.25, 0.3) is 6.08 Å². The van der Waals surface area contributed by atoms with Crippen LogP contribution in [0.2, 0.25) is 0 Å². The molecule has 3 nitrogen and oxygen atoms in total. The van der Waals surface area contributed by atoms with Crippen molar-refractivity contribution in [1.82, 2.24) is 0 Å². The Balaban J connectivity index is 2.23. The van der Waals surface area contributed by atoms with E-state index in [1.54, 1.807) is 6.07 Å². The molecule has 96 valence electrons. The van der Waals surface area contributed by atoms with Crippen LogP contribution in [0.4, 0.5) is 10.1 Å². The van der Waals surface area contributed by atoms with Gasteiger partial charge >= 0.3 is 5.97 Å². The van der Waals surface area contributed by atoms with Crippen molar-refractivity contribution in [3.63, 3.8) is 0 Å². The van der Waals surface area contributed by atoms with Crippen LogP contribution >= 0.6 is 0 Å². The molecule has 0 aromatic heterocycles. The number of carboxylic acids is 1. The first-order chi connectivity index (χ1) is 8.56. The summed E-state index contributed by atoms with van der Waals surface area (Å²) in [4.78, 5) is 12.6. The largest absolute Gasteiger partial charge is 0.478 e. The topological polar surface area (TPSA) is 40.5 Å². The van der Waals surface area contributed by atoms with Gasteiger partial charge in [0, 0.05) is 30.9 Å². The number of anilines is 1. The molecule has 0 aliphatic heterocycles. The van der Waals surface area contributed by atoms with Crippen LogP contribution in [0, 0.1) is 11.7 Å². The van der Waals surface area contributed by atoms with E-state index in [2.05, 4.69) is 4.90 Å². The second kappa shape index (κ2) is 5.21. The molecular formula is C14H16FNO2. The molecule has 0 radical (unpaired) electrons. The van der Waals surface area contributed by atoms with Crippen LogP contribution < -0.4 is 4.90 Å². The van der Waals surface area contributed by atoms with Crippen molar-refractivity contribution in [1.29, 1.82) is 0 Å². The van der Waals surface area contributed by atoms with Crippen molar-refractivity contribution in [2.45, 2.75) is 12.8 Å². The standard InChI is InChI=1S/C14H16FNO2/c1-16(9-10-2-3-10)13-6-5-12(15)8-11(13)4-7-14(17)18/h4-8,10H,2-3,9H2,1H3,(H,17,18)/b7-4+. The summed E-state index contributed by atoms with van der Waals surface area (Å²) in [6.07, 6.45) is 4.95. The molecule has 0 bridgehead atoms. The lowest BCUT2D eigenvalue weighted by Crippen LogP contribution is -2.20. The molecule has 1 aliphatic carbocycles. The zero-order chi connectivity index (χ0) is 13.1. The maximum atomic E-state index is 13.2. The lowest BCUT2D eigenvalue weighted by molar-refractivity contribution is -0.131. The lowest BCUT2D eigenvalue weighted by atomic mass is 10.1. The van der Waals surface area contributed by atoms with E-state index in [9.17, 15) is 9.18 Å². The number of carboxylic acid groups (broad SMARTS) is 1. The number of nitrogens with zero attached hydrogens (tertiary/aromatic N) is 1. The molecule has 0 spiro atoms. The second-order valence-corrected chi connectivity index (χ2v) is 4.70. The van der Waals surface area contributed by atoms with Crippen LogP contribution in [0.3, 0.4) is 0 Å². The zero-order valence-corrected chi connectivity index (χ0v) is 10.3. The van der Waals surface area contributed by atoms with Gasteiger partial charge < -0.3 is 10.0 Å². The van der Waals surface area contributed by atoms with Gasteiger partial charge in [0.15, 0.2) is 0 Å². The number of halogens is 1. The molecule has 0 heterocycles. The predicted octanol–water partition coefficient (Wildman–Crippen LogP) is 2.77. The van der Waals surface area contributed by atoms with Gasteiger partial charge in [0.25, 0.3) is 0 Å². The summed E-state index contributed by atoms with van der Waals surface area (Å²) in [5, 5.41) is 8.63. The molecule has 1 aromatic rings. The summed E-state index contributed by atoms with van der Waals surface area (Å²) >= 11 is 0. The summed E-state index contributed by atoms with van der Waals surface area (Å²) in [6.45, 7) is 0.930. The molecule has 0 amide bonds. The quantitative estimate of drug-likeness (QED) is 0.816. The Morgan fingerprint density at radius 3 is 2.89 bits per heavy atom. The van der Waals surface area contributed by atoms with E-state index >= 15 is 0 Å². The zero-order valence-electron chi connectivity index (χ0n) is 10.3. The predicted molar refractivity (Wildman–Crippen MR) is 69.1 cm³/mol. The van der Waals surface area contributed by atoms with Crippen LogP contribution in [0.5, 0.6) is 0 Å². The second-order valence-electron chi connectivity index (χ2n) is 4.70. The van der Waals surface area contributed by atoms with Crippen molar-refractivity contribution >= 4 is 17.7 Å². The molecule has 4 heteroatoms. The lowest BCUT2D eigenvalue weighted by Gasteiger charge is -2.21. The van der Waals surface area contributed by atoms with E-state index in [4.69, 9.17) is 5.11 Å². The molecule has 1 aromatic carbocycles. The number of aliphatic carboxylic acids is 1. The maximum Gasteiger partial charge on any atom is 0.328 e. The van der Waals surface area contributed by atoms with E-state index in [1.807, 2.05) is 7.05 Å². The maximum absolute atomic E-state index is 13.2. The van der Waals surface area contributed by atoms with Gasteiger partial charge in [0.2, 0.25) is 0 Å². The first kappa shape index (κ1) is 12.6. The summed E-state index contributed by atoms with van der Waals surface area (Å²) in [6, 6.07) is 4.45. The summed E-state index contributed by atoms with van der Waals surface area (Å²) in [7, 11) is 1.95. The van der Waals surface area contributed by atoms with Gasteiger partial charge in [0.1, 0.15) is 5.82 Å². The van der Waals surface area contributed by atoms with Gasteiger partial charge in [-0.15, -0.1) is 0 Å². The van der Waals surface area contributed by atoms with E-state index in [0.29, 0.717) is 5.56 Å². The Bertz CT molecular complexity index is 481. The fourth-order valence-electron chi connectivity index (χ4n) is 1.95. The summed E-state index contributed by atoms with van der Waals surface area (Å²) in [5.41, 5.74) is 1.46. The molecule has 1 N–H and O–H groups in total. The average molecular weight is 249 g/mol. The molecule has 1 fully saturated rings. The fourth-order valence-corrected chi connectivity index (χ4v) is 1.95. The van der Waals surface area contributed by atoms with Gasteiger partial charge in [-0.25, -0.2) is 9.18 Å². The van der Waals surface area contributed by atoms with Gasteiger partial charge in [-0.2, -0.15) is 0 Å². The van der Waals surface area contributed by atoms with Crippen molar-refractivity contribution in [2.75, 3.05) is 18.5 Å². The van der Waals surface area contributed by atoms with Crippen LogP contribution in [-0.4, -0.2) is 24.7 Å². The Kier molecular flexibility index (Phi) is 3.65. The number of rotatable bonds is 5. The Hall–Kier alpha value is -1.84. The highest BCUT2D eigenvalue weighted by molar-refractivity contribution is 5.87. The third-order valence-electron chi connectivity index (χ3n) is 3.04. The minimum absolute atomic E-state index is 0.358. The highest BCUT2D eigenvalue weighted by Gasteiger charge is 2.23. The van der Waals surface area contributed by atoms with E-state index < -0.39 is 5.97 Å². The highest BCUT2D eigenvalue weighted by Crippen LogP contribution is 2.32. The summed E-state index contributed by atoms with van der Waals surface area (Å²) in [5.74, 6) is -0.671. The molecule has 1 saturated carbocycles. The Morgan fingerprint density at radius 1 is 1.56 bits per heavy atom. The molecule has 0 unspecified atom stereocenters. The van der Waals surface area contributed by atoms with Crippen molar-refractivity contribution in [3.8, 4) is 0 Å². The first-order valence-electron chi connectivity index (χ1n) is 5.98. The molecule has 18 heavy (non-hydrogen) atoms. The molecular weight excluding hydrogens is 233 g/mol. The van der Waals surface area contributed by atoms with Crippen LogP contribution in [0.1, 0.15) is 18.4 Å². The van der Waals surface area contributed by atoms with E-state index in [1.165, 1.54) is 31.1 Å². The monoisotopic (exact) mass is 249 g/mol. The number of hydrogen-bond donors (Lipinski definition) is 1. The van der Waals surface area contributed by atoms with Gasteiger partial charge in [-0.1, -0.05) is 0 Å². The third-order valence-corrected chi connectivity index (χ3v) is 3.04. The van der Waals surface area contributed by atoms with Crippen molar-refractivity contribution in [3.05, 3.63) is 35.7 Å². The number of carbonyl (C=O) groups is 1. The van der Waals surface area contributed by atoms with E-state index in [-0.39, 0.29) is 5.82 Å². The van der Waals surface area contributed by atoms with Crippen LogP contribution in [-0.2, 0) is 4.79 Å².